The lowest BCUT2D eigenvalue weighted by atomic mass is 9.99. The van der Waals surface area contributed by atoms with Crippen molar-refractivity contribution in [3.8, 4) is 0 Å². The first kappa shape index (κ1) is 25.2. The molecule has 30 heavy (non-hydrogen) atoms. The largest absolute Gasteiger partial charge is 0.381 e. The van der Waals surface area contributed by atoms with Crippen LogP contribution in [-0.2, 0) is 14.6 Å². The van der Waals surface area contributed by atoms with Crippen molar-refractivity contribution in [2.75, 3.05) is 50.5 Å². The number of sulfone groups is 1. The molecule has 2 aliphatic rings. The maximum absolute atomic E-state index is 12.5. The van der Waals surface area contributed by atoms with Crippen LogP contribution in [0.3, 0.4) is 0 Å². The number of rotatable bonds is 6. The Morgan fingerprint density at radius 1 is 1.27 bits per heavy atom. The van der Waals surface area contributed by atoms with Crippen molar-refractivity contribution < 1.29 is 13.2 Å². The van der Waals surface area contributed by atoms with Crippen LogP contribution in [0.25, 0.3) is 0 Å². The Hall–Kier alpha value is -1.07. The molecule has 2 heterocycles. The third-order valence-corrected chi connectivity index (χ3v) is 8.10. The van der Waals surface area contributed by atoms with Gasteiger partial charge in [0.05, 0.1) is 11.3 Å². The van der Waals surface area contributed by atoms with E-state index in [0.29, 0.717) is 32.0 Å². The molecular weight excluding hydrogens is 515 g/mol. The van der Waals surface area contributed by atoms with Crippen LogP contribution < -0.4 is 15.5 Å². The number of nitrogens with one attached hydrogen (secondary N) is 2. The highest BCUT2D eigenvalue weighted by Crippen LogP contribution is 2.29. The van der Waals surface area contributed by atoms with E-state index in [1.54, 1.807) is 0 Å². The topological polar surface area (TPSA) is 83.0 Å². The smallest absolute Gasteiger partial charge is 0.191 e. The number of aliphatic imine (C=N–C) groups is 1. The average molecular weight is 551 g/mol. The molecule has 1 atom stereocenters. The number of hydrogen-bond donors (Lipinski definition) is 2. The minimum Gasteiger partial charge on any atom is -0.381 e. The Bertz CT molecular complexity index is 808. The van der Waals surface area contributed by atoms with E-state index < -0.39 is 14.6 Å². The normalized spacial score (nSPS) is 21.8. The van der Waals surface area contributed by atoms with Gasteiger partial charge in [0.15, 0.2) is 15.8 Å². The van der Waals surface area contributed by atoms with Crippen molar-refractivity contribution in [1.82, 2.24) is 10.6 Å². The Kier molecular flexibility index (Phi) is 9.23. The molecule has 0 bridgehead atoms. The molecule has 9 heteroatoms. The first-order valence-electron chi connectivity index (χ1n) is 10.5. The van der Waals surface area contributed by atoms with Crippen molar-refractivity contribution in [1.29, 1.82) is 0 Å². The van der Waals surface area contributed by atoms with Gasteiger partial charge < -0.3 is 20.3 Å². The van der Waals surface area contributed by atoms with E-state index in [4.69, 9.17) is 4.74 Å². The fourth-order valence-corrected chi connectivity index (χ4v) is 5.20. The summed E-state index contributed by atoms with van der Waals surface area (Å²) >= 11 is 0. The van der Waals surface area contributed by atoms with Crippen molar-refractivity contribution in [2.45, 2.75) is 43.9 Å². The first-order chi connectivity index (χ1) is 13.8. The third-order valence-electron chi connectivity index (χ3n) is 5.99. The summed E-state index contributed by atoms with van der Waals surface area (Å²) in [5.41, 5.74) is 2.50. The van der Waals surface area contributed by atoms with Crippen LogP contribution in [0.4, 0.5) is 5.69 Å². The number of ether oxygens (including phenoxy) is 1. The van der Waals surface area contributed by atoms with E-state index in [9.17, 15) is 8.42 Å². The molecule has 0 radical (unpaired) electrons. The number of nitrogens with zero attached hydrogens (tertiary/aromatic N) is 2. The molecule has 0 aromatic heterocycles. The van der Waals surface area contributed by atoms with Crippen molar-refractivity contribution in [3.63, 3.8) is 0 Å². The number of guanidine groups is 1. The number of hydrogen-bond acceptors (Lipinski definition) is 5. The molecule has 1 aromatic rings. The fourth-order valence-electron chi connectivity index (χ4n) is 3.99. The number of benzene rings is 1. The van der Waals surface area contributed by atoms with E-state index in [2.05, 4.69) is 51.7 Å². The maximum Gasteiger partial charge on any atom is 0.191 e. The summed E-state index contributed by atoms with van der Waals surface area (Å²) < 4.78 is 29.5. The van der Waals surface area contributed by atoms with E-state index in [-0.39, 0.29) is 36.6 Å². The van der Waals surface area contributed by atoms with Crippen LogP contribution in [-0.4, -0.2) is 70.8 Å². The van der Waals surface area contributed by atoms with Crippen LogP contribution >= 0.6 is 24.0 Å². The molecule has 7 nitrogen and oxygen atoms in total. The van der Waals surface area contributed by atoms with Crippen LogP contribution in [0, 0.1) is 6.92 Å². The molecule has 2 N–H and O–H groups in total. The second-order valence-corrected chi connectivity index (χ2v) is 10.6. The van der Waals surface area contributed by atoms with Crippen molar-refractivity contribution in [3.05, 3.63) is 29.8 Å². The van der Waals surface area contributed by atoms with Gasteiger partial charge >= 0.3 is 0 Å². The molecule has 3 rings (SSSR count). The predicted molar refractivity (Wildman–Crippen MR) is 134 cm³/mol. The average Bonchev–Trinajstić information content (AvgIpc) is 3.15. The molecule has 0 amide bonds. The SMILES string of the molecule is CCNC(=NCC1(S(C)(=O)=O)CCOCC1)NC1CCN(c2ccc(C)cc2)C1.I. The highest BCUT2D eigenvalue weighted by Gasteiger charge is 2.42. The first-order valence-corrected chi connectivity index (χ1v) is 12.4. The Morgan fingerprint density at radius 2 is 1.93 bits per heavy atom. The van der Waals surface area contributed by atoms with Crippen molar-refractivity contribution >= 4 is 45.5 Å². The Morgan fingerprint density at radius 3 is 2.53 bits per heavy atom. The number of anilines is 1. The quantitative estimate of drug-likeness (QED) is 0.322. The lowest BCUT2D eigenvalue weighted by Crippen LogP contribution is -2.49. The minimum absolute atomic E-state index is 0. The minimum atomic E-state index is -3.22. The lowest BCUT2D eigenvalue weighted by molar-refractivity contribution is 0.0768. The summed E-state index contributed by atoms with van der Waals surface area (Å²) in [6.07, 6.45) is 3.34. The third kappa shape index (κ3) is 6.23. The van der Waals surface area contributed by atoms with Gasteiger partial charge in [0, 0.05) is 50.8 Å². The summed E-state index contributed by atoms with van der Waals surface area (Å²) in [5.74, 6) is 0.692. The monoisotopic (exact) mass is 550 g/mol. The number of halogens is 1. The van der Waals surface area contributed by atoms with Crippen LogP contribution in [0.1, 0.15) is 31.7 Å². The standard InChI is InChI=1S/C21H34N4O3S.HI/c1-4-22-20(23-16-21(29(3,26)27)10-13-28-14-11-21)24-18-9-12-25(15-18)19-7-5-17(2)6-8-19;/h5-8,18H,4,9-16H2,1-3H3,(H2,22,23,24);1H. The molecular formula is C21H35IN4O3S. The van der Waals surface area contributed by atoms with Gasteiger partial charge in [0.2, 0.25) is 0 Å². The van der Waals surface area contributed by atoms with Gasteiger partial charge in [-0.3, -0.25) is 4.99 Å². The summed E-state index contributed by atoms with van der Waals surface area (Å²) in [4.78, 5) is 7.06. The van der Waals surface area contributed by atoms with Crippen LogP contribution in [0.15, 0.2) is 29.3 Å². The lowest BCUT2D eigenvalue weighted by Gasteiger charge is -2.34. The Labute approximate surface area is 198 Å². The summed E-state index contributed by atoms with van der Waals surface area (Å²) in [7, 11) is -3.22. The zero-order valence-corrected chi connectivity index (χ0v) is 21.3. The van der Waals surface area contributed by atoms with E-state index in [0.717, 1.165) is 26.1 Å². The molecule has 0 spiro atoms. The van der Waals surface area contributed by atoms with Gasteiger partial charge in [0.25, 0.3) is 0 Å². The second-order valence-electron chi connectivity index (χ2n) is 8.17. The van der Waals surface area contributed by atoms with Gasteiger partial charge in [-0.25, -0.2) is 8.42 Å². The molecule has 0 saturated carbocycles. The van der Waals surface area contributed by atoms with Gasteiger partial charge in [0.1, 0.15) is 0 Å². The van der Waals surface area contributed by atoms with E-state index in [1.165, 1.54) is 17.5 Å². The molecule has 2 saturated heterocycles. The summed E-state index contributed by atoms with van der Waals surface area (Å²) in [6, 6.07) is 8.88. The van der Waals surface area contributed by atoms with Gasteiger partial charge in [-0.15, -0.1) is 24.0 Å². The highest BCUT2D eigenvalue weighted by atomic mass is 127. The maximum atomic E-state index is 12.5. The second kappa shape index (κ2) is 11.0. The van der Waals surface area contributed by atoms with Crippen LogP contribution in [0.2, 0.25) is 0 Å². The van der Waals surface area contributed by atoms with Crippen molar-refractivity contribution in [2.24, 2.45) is 4.99 Å². The summed E-state index contributed by atoms with van der Waals surface area (Å²) in [6.45, 7) is 7.95. The zero-order valence-electron chi connectivity index (χ0n) is 18.2. The van der Waals surface area contributed by atoms with Gasteiger partial charge in [-0.05, 0) is 45.2 Å². The van der Waals surface area contributed by atoms with Gasteiger partial charge in [-0.1, -0.05) is 17.7 Å². The molecule has 170 valence electrons. The van der Waals surface area contributed by atoms with E-state index in [1.807, 2.05) is 6.92 Å². The van der Waals surface area contributed by atoms with E-state index >= 15 is 0 Å². The molecule has 2 aliphatic heterocycles. The fraction of sp³-hybridized carbons (Fsp3) is 0.667. The molecule has 0 aliphatic carbocycles. The van der Waals surface area contributed by atoms with Gasteiger partial charge in [-0.2, -0.15) is 0 Å². The highest BCUT2D eigenvalue weighted by molar-refractivity contribution is 14.0. The molecule has 1 aromatic carbocycles. The predicted octanol–water partition coefficient (Wildman–Crippen LogP) is 2.34. The summed E-state index contributed by atoms with van der Waals surface area (Å²) in [5, 5.41) is 6.78. The molecule has 1 unspecified atom stereocenters. The Balaban J connectivity index is 0.00000320. The zero-order chi connectivity index (χ0) is 20.9. The molecule has 2 fully saturated rings. The van der Waals surface area contributed by atoms with Crippen LogP contribution in [0.5, 0.6) is 0 Å². The number of aryl methyl sites for hydroxylation is 1.